The molecule has 0 atom stereocenters. The van der Waals surface area contributed by atoms with Gasteiger partial charge in [0.2, 0.25) is 0 Å². The first-order valence-electron chi connectivity index (χ1n) is 4.73. The van der Waals surface area contributed by atoms with Gasteiger partial charge >= 0.3 is 6.18 Å². The smallest absolute Gasteiger partial charge is 0.394 e. The third-order valence-electron chi connectivity index (χ3n) is 2.09. The zero-order valence-corrected chi connectivity index (χ0v) is 10.2. The molecule has 0 saturated carbocycles. The summed E-state index contributed by atoms with van der Waals surface area (Å²) in [6.07, 6.45) is -4.49. The average Bonchev–Trinajstić information content (AvgIpc) is 2.24. The lowest BCUT2D eigenvalue weighted by Crippen LogP contribution is -2.29. The fourth-order valence-corrected chi connectivity index (χ4v) is 1.61. The van der Waals surface area contributed by atoms with Gasteiger partial charge in [-0.3, -0.25) is 0 Å². The van der Waals surface area contributed by atoms with Crippen molar-refractivity contribution >= 4 is 21.6 Å². The molecule has 0 bridgehead atoms. The number of aliphatic hydroxyl groups excluding tert-OH is 2. The molecule has 3 nitrogen and oxygen atoms in total. The van der Waals surface area contributed by atoms with E-state index in [2.05, 4.69) is 21.2 Å². The summed E-state index contributed by atoms with van der Waals surface area (Å²) in [5.41, 5.74) is -1.02. The second-order valence-electron chi connectivity index (χ2n) is 3.39. The lowest BCUT2D eigenvalue weighted by molar-refractivity contribution is -0.137. The van der Waals surface area contributed by atoms with Gasteiger partial charge in [-0.25, -0.2) is 0 Å². The van der Waals surface area contributed by atoms with Gasteiger partial charge in [0, 0.05) is 10.2 Å². The first-order chi connectivity index (χ1) is 7.88. The van der Waals surface area contributed by atoms with Gasteiger partial charge in [0.25, 0.3) is 0 Å². The fourth-order valence-electron chi connectivity index (χ4n) is 1.25. The van der Waals surface area contributed by atoms with Crippen molar-refractivity contribution in [2.24, 2.45) is 0 Å². The summed E-state index contributed by atoms with van der Waals surface area (Å²) in [6.45, 7) is -0.916. The van der Waals surface area contributed by atoms with E-state index >= 15 is 0 Å². The molecule has 0 radical (unpaired) electrons. The molecule has 96 valence electrons. The number of hydrogen-bond donors (Lipinski definition) is 3. The Labute approximate surface area is 104 Å². The summed E-state index contributed by atoms with van der Waals surface area (Å²) < 4.78 is 38.4. The van der Waals surface area contributed by atoms with Crippen LogP contribution in [0.25, 0.3) is 0 Å². The molecular formula is C10H11BrF3NO2. The molecule has 1 aromatic carbocycles. The van der Waals surface area contributed by atoms with Gasteiger partial charge in [-0.15, -0.1) is 0 Å². The van der Waals surface area contributed by atoms with Crippen molar-refractivity contribution in [1.82, 2.24) is 0 Å². The maximum atomic E-state index is 12.7. The van der Waals surface area contributed by atoms with E-state index in [1.165, 1.54) is 12.1 Å². The van der Waals surface area contributed by atoms with E-state index in [0.717, 1.165) is 6.07 Å². The van der Waals surface area contributed by atoms with Crippen molar-refractivity contribution in [3.05, 3.63) is 28.2 Å². The van der Waals surface area contributed by atoms with Gasteiger partial charge in [0.15, 0.2) is 0 Å². The van der Waals surface area contributed by atoms with Crippen molar-refractivity contribution in [2.45, 2.75) is 12.2 Å². The highest BCUT2D eigenvalue weighted by atomic mass is 79.9. The first-order valence-corrected chi connectivity index (χ1v) is 5.52. The summed E-state index contributed by atoms with van der Waals surface area (Å²) in [6, 6.07) is 2.63. The van der Waals surface area contributed by atoms with Crippen LogP contribution in [0.15, 0.2) is 22.7 Å². The molecule has 0 amide bonds. The molecule has 0 heterocycles. The SMILES string of the molecule is OCC(CO)Nc1cc(Br)ccc1C(F)(F)F. The molecule has 17 heavy (non-hydrogen) atoms. The molecule has 1 rings (SSSR count). The lowest BCUT2D eigenvalue weighted by Gasteiger charge is -2.19. The summed E-state index contributed by atoms with van der Waals surface area (Å²) >= 11 is 3.06. The van der Waals surface area contributed by atoms with Crippen LogP contribution in [0, 0.1) is 0 Å². The van der Waals surface area contributed by atoms with E-state index in [9.17, 15) is 13.2 Å². The van der Waals surface area contributed by atoms with Gasteiger partial charge in [0.1, 0.15) is 0 Å². The molecule has 0 aliphatic carbocycles. The van der Waals surface area contributed by atoms with E-state index in [1.54, 1.807) is 0 Å². The highest BCUT2D eigenvalue weighted by molar-refractivity contribution is 9.10. The van der Waals surface area contributed by atoms with Crippen molar-refractivity contribution in [2.75, 3.05) is 18.5 Å². The van der Waals surface area contributed by atoms with Crippen LogP contribution in [0.5, 0.6) is 0 Å². The Bertz CT molecular complexity index is 380. The zero-order chi connectivity index (χ0) is 13.1. The molecule has 0 unspecified atom stereocenters. The number of alkyl halides is 3. The van der Waals surface area contributed by atoms with Crippen molar-refractivity contribution in [3.8, 4) is 0 Å². The molecule has 0 aliphatic heterocycles. The lowest BCUT2D eigenvalue weighted by atomic mass is 10.1. The van der Waals surface area contributed by atoms with Crippen LogP contribution in [-0.4, -0.2) is 29.5 Å². The normalized spacial score (nSPS) is 11.9. The zero-order valence-electron chi connectivity index (χ0n) is 8.63. The summed E-state index contributed by atoms with van der Waals surface area (Å²) in [5, 5.41) is 20.1. The van der Waals surface area contributed by atoms with E-state index in [4.69, 9.17) is 10.2 Å². The first kappa shape index (κ1) is 14.3. The maximum absolute atomic E-state index is 12.7. The van der Waals surface area contributed by atoms with Crippen LogP contribution in [-0.2, 0) is 6.18 Å². The molecule has 7 heteroatoms. The van der Waals surface area contributed by atoms with Crippen LogP contribution in [0.2, 0.25) is 0 Å². The second-order valence-corrected chi connectivity index (χ2v) is 4.31. The number of rotatable bonds is 4. The summed E-state index contributed by atoms with van der Waals surface area (Å²) in [7, 11) is 0. The largest absolute Gasteiger partial charge is 0.418 e. The van der Waals surface area contributed by atoms with Crippen LogP contribution < -0.4 is 5.32 Å². The van der Waals surface area contributed by atoms with Crippen LogP contribution >= 0.6 is 15.9 Å². The molecule has 1 aromatic rings. The summed E-state index contributed by atoms with van der Waals surface area (Å²) in [5.74, 6) is 0. The monoisotopic (exact) mass is 313 g/mol. The number of halogens is 4. The summed E-state index contributed by atoms with van der Waals surface area (Å²) in [4.78, 5) is 0. The predicted molar refractivity (Wildman–Crippen MR) is 60.7 cm³/mol. The molecule has 0 aliphatic rings. The highest BCUT2D eigenvalue weighted by Gasteiger charge is 2.33. The molecule has 0 saturated heterocycles. The Morgan fingerprint density at radius 3 is 2.29 bits per heavy atom. The second kappa shape index (κ2) is 5.70. The topological polar surface area (TPSA) is 52.5 Å². The standard InChI is InChI=1S/C10H11BrF3NO2/c11-6-1-2-8(10(12,13)14)9(3-6)15-7(4-16)5-17/h1-3,7,15-17H,4-5H2. The van der Waals surface area contributed by atoms with E-state index in [1.807, 2.05) is 0 Å². The van der Waals surface area contributed by atoms with E-state index in [-0.39, 0.29) is 5.69 Å². The van der Waals surface area contributed by atoms with Gasteiger partial charge in [-0.2, -0.15) is 13.2 Å². The van der Waals surface area contributed by atoms with Gasteiger partial charge in [0.05, 0.1) is 24.8 Å². The van der Waals surface area contributed by atoms with Gasteiger partial charge in [-0.05, 0) is 18.2 Å². The number of benzene rings is 1. The number of hydrogen-bond acceptors (Lipinski definition) is 3. The van der Waals surface area contributed by atoms with Gasteiger partial charge < -0.3 is 15.5 Å². The van der Waals surface area contributed by atoms with Crippen molar-refractivity contribution in [1.29, 1.82) is 0 Å². The third kappa shape index (κ3) is 3.86. The highest BCUT2D eigenvalue weighted by Crippen LogP contribution is 2.36. The Balaban J connectivity index is 3.07. The Hall–Kier alpha value is -0.790. The van der Waals surface area contributed by atoms with Crippen LogP contribution in [0.3, 0.4) is 0 Å². The average molecular weight is 314 g/mol. The molecular weight excluding hydrogens is 303 g/mol. The Kier molecular flexibility index (Phi) is 4.79. The Morgan fingerprint density at radius 1 is 1.24 bits per heavy atom. The maximum Gasteiger partial charge on any atom is 0.418 e. The Morgan fingerprint density at radius 2 is 1.82 bits per heavy atom. The predicted octanol–water partition coefficient (Wildman–Crippen LogP) is 2.23. The van der Waals surface area contributed by atoms with Crippen LogP contribution in [0.4, 0.5) is 18.9 Å². The molecule has 3 N–H and O–H groups in total. The molecule has 0 aromatic heterocycles. The number of aliphatic hydroxyl groups is 2. The number of nitrogens with one attached hydrogen (secondary N) is 1. The molecule has 0 spiro atoms. The van der Waals surface area contributed by atoms with Crippen LogP contribution in [0.1, 0.15) is 5.56 Å². The van der Waals surface area contributed by atoms with Crippen molar-refractivity contribution in [3.63, 3.8) is 0 Å². The van der Waals surface area contributed by atoms with E-state index in [0.29, 0.717) is 4.47 Å². The van der Waals surface area contributed by atoms with E-state index < -0.39 is 31.0 Å². The quantitative estimate of drug-likeness (QED) is 0.799. The minimum atomic E-state index is -4.49. The minimum Gasteiger partial charge on any atom is -0.394 e. The van der Waals surface area contributed by atoms with Gasteiger partial charge in [-0.1, -0.05) is 15.9 Å². The minimum absolute atomic E-state index is 0.181. The van der Waals surface area contributed by atoms with Crippen molar-refractivity contribution < 1.29 is 23.4 Å². The molecule has 0 fully saturated rings. The third-order valence-corrected chi connectivity index (χ3v) is 2.58. The fraction of sp³-hybridized carbons (Fsp3) is 0.400. The number of anilines is 1.